The van der Waals surface area contributed by atoms with Crippen LogP contribution in [0.3, 0.4) is 0 Å². The summed E-state index contributed by atoms with van der Waals surface area (Å²) in [6.45, 7) is 1.98. The Labute approximate surface area is 114 Å². The zero-order valence-corrected chi connectivity index (χ0v) is 10.9. The van der Waals surface area contributed by atoms with Gasteiger partial charge in [0.25, 0.3) is 0 Å². The van der Waals surface area contributed by atoms with Gasteiger partial charge in [0.1, 0.15) is 0 Å². The number of rotatable bonds is 2. The molecule has 3 rings (SSSR count). The number of hydrogen-bond donors (Lipinski definition) is 0. The summed E-state index contributed by atoms with van der Waals surface area (Å²) in [5, 5.41) is 0. The largest absolute Gasteiger partial charge is 0.369 e. The highest BCUT2D eigenvalue weighted by Crippen LogP contribution is 2.20. The molecule has 2 aromatic rings. The first-order valence-electron chi connectivity index (χ1n) is 5.96. The molecule has 0 aliphatic carbocycles. The summed E-state index contributed by atoms with van der Waals surface area (Å²) in [7, 11) is 0. The maximum atomic E-state index is 2.34. The molecule has 0 fully saturated rings. The lowest BCUT2D eigenvalue weighted by Gasteiger charge is -2.25. The van der Waals surface area contributed by atoms with Crippen LogP contribution >= 0.6 is 12.4 Å². The molecule has 92 valence electrons. The zero-order chi connectivity index (χ0) is 11.5. The van der Waals surface area contributed by atoms with E-state index in [1.165, 1.54) is 16.7 Å². The third-order valence-electron chi connectivity index (χ3n) is 3.12. The molecule has 1 heterocycles. The first-order valence-corrected chi connectivity index (χ1v) is 5.96. The fourth-order valence-electron chi connectivity index (χ4n) is 2.22. The number of benzene rings is 2. The third kappa shape index (κ3) is 2.74. The predicted molar refractivity (Wildman–Crippen MR) is 78.4 cm³/mol. The van der Waals surface area contributed by atoms with E-state index in [-0.39, 0.29) is 12.4 Å². The van der Waals surface area contributed by atoms with Gasteiger partial charge in [-0.25, -0.2) is 0 Å². The van der Waals surface area contributed by atoms with Crippen molar-refractivity contribution in [2.24, 2.45) is 0 Å². The molecule has 0 amide bonds. The highest BCUT2D eigenvalue weighted by atomic mass is 35.5. The van der Waals surface area contributed by atoms with Crippen molar-refractivity contribution in [2.45, 2.75) is 13.1 Å². The van der Waals surface area contributed by atoms with E-state index in [0.29, 0.717) is 0 Å². The first-order chi connectivity index (χ1) is 8.42. The lowest BCUT2D eigenvalue weighted by molar-refractivity contribution is 0.359. The van der Waals surface area contributed by atoms with Gasteiger partial charge in [0.15, 0.2) is 0 Å². The van der Waals surface area contributed by atoms with Crippen LogP contribution in [0.4, 0.5) is 0 Å². The highest BCUT2D eigenvalue weighted by molar-refractivity contribution is 5.85. The highest BCUT2D eigenvalue weighted by Gasteiger charge is 2.09. The maximum Gasteiger partial charge on any atom is 0.0433 e. The van der Waals surface area contributed by atoms with E-state index in [1.54, 1.807) is 0 Å². The molecule has 0 unspecified atom stereocenters. The van der Waals surface area contributed by atoms with Crippen LogP contribution < -0.4 is 0 Å². The zero-order valence-electron chi connectivity index (χ0n) is 10.1. The summed E-state index contributed by atoms with van der Waals surface area (Å²) in [5.74, 6) is 0. The number of hydrogen-bond acceptors (Lipinski definition) is 1. The molecule has 0 atom stereocenters. The molecule has 18 heavy (non-hydrogen) atoms. The monoisotopic (exact) mass is 257 g/mol. The van der Waals surface area contributed by atoms with Gasteiger partial charge in [-0.1, -0.05) is 54.6 Å². The van der Waals surface area contributed by atoms with Crippen LogP contribution in [0.5, 0.6) is 0 Å². The van der Waals surface area contributed by atoms with Crippen molar-refractivity contribution in [2.75, 3.05) is 0 Å². The Kier molecular flexibility index (Phi) is 4.06. The molecule has 0 aromatic heterocycles. The van der Waals surface area contributed by atoms with E-state index in [2.05, 4.69) is 71.8 Å². The third-order valence-corrected chi connectivity index (χ3v) is 3.12. The first kappa shape index (κ1) is 12.7. The normalized spacial score (nSPS) is 12.8. The Balaban J connectivity index is 0.00000120. The van der Waals surface area contributed by atoms with Crippen molar-refractivity contribution >= 4 is 18.5 Å². The molecule has 0 saturated carbocycles. The Morgan fingerprint density at radius 1 is 0.889 bits per heavy atom. The number of halogens is 1. The van der Waals surface area contributed by atoms with E-state index in [4.69, 9.17) is 0 Å². The molecule has 0 saturated heterocycles. The van der Waals surface area contributed by atoms with Crippen molar-refractivity contribution in [3.05, 3.63) is 77.5 Å². The van der Waals surface area contributed by atoms with Crippen LogP contribution in [-0.4, -0.2) is 4.90 Å². The Bertz CT molecular complexity index is 534. The van der Waals surface area contributed by atoms with Crippen LogP contribution in [0.1, 0.15) is 16.7 Å². The summed E-state index contributed by atoms with van der Waals surface area (Å²) < 4.78 is 0. The lowest BCUT2D eigenvalue weighted by Crippen LogP contribution is -2.19. The van der Waals surface area contributed by atoms with Crippen LogP contribution in [0.15, 0.2) is 60.8 Å². The molecule has 1 nitrogen and oxygen atoms in total. The average Bonchev–Trinajstić information content (AvgIpc) is 2.40. The smallest absolute Gasteiger partial charge is 0.0433 e. The summed E-state index contributed by atoms with van der Waals surface area (Å²) in [6.07, 6.45) is 4.39. The minimum atomic E-state index is 0. The second-order valence-electron chi connectivity index (χ2n) is 4.41. The van der Waals surface area contributed by atoms with Crippen molar-refractivity contribution < 1.29 is 0 Å². The fourth-order valence-corrected chi connectivity index (χ4v) is 2.22. The number of nitrogens with zero attached hydrogens (tertiary/aromatic N) is 1. The molecule has 0 bridgehead atoms. The fraction of sp³-hybridized carbons (Fsp3) is 0.125. The van der Waals surface area contributed by atoms with E-state index in [1.807, 2.05) is 0 Å². The van der Waals surface area contributed by atoms with Gasteiger partial charge >= 0.3 is 0 Å². The molecule has 1 aliphatic rings. The molecule has 2 heteroatoms. The van der Waals surface area contributed by atoms with Gasteiger partial charge in [-0.15, -0.1) is 12.4 Å². The molecule has 2 aromatic carbocycles. The summed E-state index contributed by atoms with van der Waals surface area (Å²) in [5.41, 5.74) is 4.11. The molecule has 0 N–H and O–H groups in total. The second-order valence-corrected chi connectivity index (χ2v) is 4.41. The number of fused-ring (bicyclic) bond motifs is 1. The summed E-state index contributed by atoms with van der Waals surface area (Å²) in [6, 6.07) is 19.2. The van der Waals surface area contributed by atoms with Gasteiger partial charge in [-0.2, -0.15) is 0 Å². The molecule has 1 aliphatic heterocycles. The Morgan fingerprint density at radius 2 is 1.61 bits per heavy atom. The topological polar surface area (TPSA) is 3.24 Å². The van der Waals surface area contributed by atoms with Gasteiger partial charge in [-0.05, 0) is 22.8 Å². The van der Waals surface area contributed by atoms with E-state index in [0.717, 1.165) is 13.1 Å². The SMILES string of the molecule is C1=CN(Cc2ccccc2)Cc2ccccc21.Cl. The quantitative estimate of drug-likeness (QED) is 0.783. The van der Waals surface area contributed by atoms with Crippen molar-refractivity contribution in [1.29, 1.82) is 0 Å². The lowest BCUT2D eigenvalue weighted by atomic mass is 10.0. The van der Waals surface area contributed by atoms with Gasteiger partial charge < -0.3 is 4.90 Å². The molecule has 0 spiro atoms. The molecule has 0 radical (unpaired) electrons. The van der Waals surface area contributed by atoms with E-state index in [9.17, 15) is 0 Å². The minimum absolute atomic E-state index is 0. The van der Waals surface area contributed by atoms with Crippen molar-refractivity contribution in [1.82, 2.24) is 4.90 Å². The summed E-state index contributed by atoms with van der Waals surface area (Å²) >= 11 is 0. The van der Waals surface area contributed by atoms with Crippen LogP contribution in [0.25, 0.3) is 6.08 Å². The predicted octanol–water partition coefficient (Wildman–Crippen LogP) is 4.09. The van der Waals surface area contributed by atoms with Crippen LogP contribution in [-0.2, 0) is 13.1 Å². The summed E-state index contributed by atoms with van der Waals surface area (Å²) in [4.78, 5) is 2.34. The average molecular weight is 258 g/mol. The maximum absolute atomic E-state index is 2.34. The van der Waals surface area contributed by atoms with Crippen LogP contribution in [0, 0.1) is 0 Å². The Hall–Kier alpha value is -1.73. The Morgan fingerprint density at radius 3 is 2.44 bits per heavy atom. The van der Waals surface area contributed by atoms with Crippen molar-refractivity contribution in [3.8, 4) is 0 Å². The van der Waals surface area contributed by atoms with Gasteiger partial charge in [-0.3, -0.25) is 0 Å². The second kappa shape index (κ2) is 5.74. The van der Waals surface area contributed by atoms with Crippen molar-refractivity contribution in [3.63, 3.8) is 0 Å². The van der Waals surface area contributed by atoms with Gasteiger partial charge in [0.2, 0.25) is 0 Å². The van der Waals surface area contributed by atoms with E-state index >= 15 is 0 Å². The van der Waals surface area contributed by atoms with Crippen LogP contribution in [0.2, 0.25) is 0 Å². The standard InChI is InChI=1S/C16H15N.ClH/c1-2-6-14(7-3-1)12-17-11-10-15-8-4-5-9-16(15)13-17;/h1-11H,12-13H2;1H. The van der Waals surface area contributed by atoms with E-state index < -0.39 is 0 Å². The van der Waals surface area contributed by atoms with Gasteiger partial charge in [0, 0.05) is 19.3 Å². The molecular weight excluding hydrogens is 242 g/mol. The van der Waals surface area contributed by atoms with Gasteiger partial charge in [0.05, 0.1) is 0 Å². The molecular formula is C16H16ClN. The minimum Gasteiger partial charge on any atom is -0.369 e.